The number of nitrogens with zero attached hydrogens (tertiary/aromatic N) is 3. The van der Waals surface area contributed by atoms with E-state index in [1.54, 1.807) is 13.2 Å². The van der Waals surface area contributed by atoms with Crippen LogP contribution in [0.2, 0.25) is 0 Å². The van der Waals surface area contributed by atoms with E-state index >= 15 is 0 Å². The van der Waals surface area contributed by atoms with Gasteiger partial charge in [0, 0.05) is 24.5 Å². The van der Waals surface area contributed by atoms with Gasteiger partial charge >= 0.3 is 5.69 Å². The van der Waals surface area contributed by atoms with Crippen molar-refractivity contribution in [3.63, 3.8) is 0 Å². The Labute approximate surface area is 155 Å². The average Bonchev–Trinajstić information content (AvgIpc) is 2.89. The molecule has 9 heteroatoms. The summed E-state index contributed by atoms with van der Waals surface area (Å²) in [6.45, 7) is 1.97. The lowest BCUT2D eigenvalue weighted by Gasteiger charge is -2.42. The topological polar surface area (TPSA) is 105 Å². The standard InChI is InChI=1S/C17H23ClN6O2/c1-8(11-6-9-5-10(18)3-4-12(9)21-15(11)25)20-16-19-7-13-14(23-16)24(2)17(26)22-13/h7-12H,3-6H2,1-2H3,(H,21,25)(H,22,26)(H,19,20,23)/t8-,9?,10?,11?,12?/m0/s1. The number of aromatic amines is 1. The number of carbonyl (C=O) groups excluding carboxylic acids is 1. The van der Waals surface area contributed by atoms with Gasteiger partial charge in [-0.3, -0.25) is 9.36 Å². The summed E-state index contributed by atoms with van der Waals surface area (Å²) in [5, 5.41) is 6.61. The van der Waals surface area contributed by atoms with Crippen molar-refractivity contribution < 1.29 is 4.79 Å². The van der Waals surface area contributed by atoms with Crippen LogP contribution in [0.3, 0.4) is 0 Å². The van der Waals surface area contributed by atoms with Crippen molar-refractivity contribution in [2.75, 3.05) is 5.32 Å². The lowest BCUT2D eigenvalue weighted by atomic mass is 9.74. The molecule has 2 aliphatic rings. The molecule has 1 amide bonds. The molecule has 0 spiro atoms. The van der Waals surface area contributed by atoms with Crippen LogP contribution in [0.4, 0.5) is 5.95 Å². The Morgan fingerprint density at radius 1 is 1.35 bits per heavy atom. The zero-order valence-corrected chi connectivity index (χ0v) is 15.6. The van der Waals surface area contributed by atoms with Gasteiger partial charge in [0.25, 0.3) is 0 Å². The van der Waals surface area contributed by atoms with Gasteiger partial charge < -0.3 is 15.6 Å². The third-order valence-electron chi connectivity index (χ3n) is 5.73. The van der Waals surface area contributed by atoms with E-state index < -0.39 is 0 Å². The third kappa shape index (κ3) is 3.06. The molecule has 2 fully saturated rings. The Morgan fingerprint density at radius 3 is 2.96 bits per heavy atom. The summed E-state index contributed by atoms with van der Waals surface area (Å²) in [6.07, 6.45) is 5.27. The lowest BCUT2D eigenvalue weighted by molar-refractivity contribution is -0.130. The minimum Gasteiger partial charge on any atom is -0.353 e. The number of hydrogen-bond donors (Lipinski definition) is 3. The Balaban J connectivity index is 1.50. The number of rotatable bonds is 3. The van der Waals surface area contributed by atoms with Crippen molar-refractivity contribution in [3.05, 3.63) is 16.7 Å². The molecule has 26 heavy (non-hydrogen) atoms. The van der Waals surface area contributed by atoms with E-state index in [2.05, 4.69) is 25.6 Å². The van der Waals surface area contributed by atoms with Crippen LogP contribution in [0.1, 0.15) is 32.6 Å². The van der Waals surface area contributed by atoms with Gasteiger partial charge in [-0.05, 0) is 38.5 Å². The Morgan fingerprint density at radius 2 is 2.15 bits per heavy atom. The highest BCUT2D eigenvalue weighted by atomic mass is 35.5. The fourth-order valence-corrected chi connectivity index (χ4v) is 4.55. The van der Waals surface area contributed by atoms with E-state index in [4.69, 9.17) is 11.6 Å². The second-order valence-electron chi connectivity index (χ2n) is 7.48. The predicted molar refractivity (Wildman–Crippen MR) is 99.2 cm³/mol. The van der Waals surface area contributed by atoms with E-state index in [-0.39, 0.29) is 35.0 Å². The fourth-order valence-electron chi connectivity index (χ4n) is 4.20. The molecule has 2 aromatic heterocycles. The van der Waals surface area contributed by atoms with Crippen LogP contribution in [-0.4, -0.2) is 42.9 Å². The van der Waals surface area contributed by atoms with Gasteiger partial charge in [0.15, 0.2) is 5.65 Å². The minimum atomic E-state index is -0.231. The first-order valence-corrected chi connectivity index (χ1v) is 9.48. The van der Waals surface area contributed by atoms with Gasteiger partial charge in [-0.1, -0.05) is 0 Å². The average molecular weight is 379 g/mol. The van der Waals surface area contributed by atoms with E-state index in [0.29, 0.717) is 23.0 Å². The molecule has 140 valence electrons. The number of piperidine rings is 1. The van der Waals surface area contributed by atoms with E-state index in [9.17, 15) is 9.59 Å². The van der Waals surface area contributed by atoms with Crippen molar-refractivity contribution in [1.82, 2.24) is 24.8 Å². The molecule has 4 unspecified atom stereocenters. The second kappa shape index (κ2) is 6.57. The first kappa shape index (κ1) is 17.3. The number of hydrogen-bond acceptors (Lipinski definition) is 5. The molecule has 1 saturated heterocycles. The molecule has 3 heterocycles. The SMILES string of the molecule is C[C@H](Nc1ncc2[nH]c(=O)n(C)c2n1)C1CC2CC(Cl)CCC2NC1=O. The maximum Gasteiger partial charge on any atom is 0.327 e. The van der Waals surface area contributed by atoms with E-state index in [0.717, 1.165) is 25.7 Å². The van der Waals surface area contributed by atoms with Crippen LogP contribution in [0, 0.1) is 11.8 Å². The highest BCUT2D eigenvalue weighted by molar-refractivity contribution is 6.20. The normalized spacial score (nSPS) is 29.9. The Bertz CT molecular complexity index is 893. The highest BCUT2D eigenvalue weighted by Crippen LogP contribution is 2.36. The summed E-state index contributed by atoms with van der Waals surface area (Å²) >= 11 is 6.32. The van der Waals surface area contributed by atoms with Gasteiger partial charge in [0.05, 0.1) is 12.1 Å². The number of anilines is 1. The number of carbonyl (C=O) groups is 1. The molecule has 5 atom stereocenters. The number of imidazole rings is 1. The zero-order chi connectivity index (χ0) is 18.4. The monoisotopic (exact) mass is 378 g/mol. The van der Waals surface area contributed by atoms with Crippen LogP contribution < -0.4 is 16.3 Å². The number of nitrogens with one attached hydrogen (secondary N) is 3. The quantitative estimate of drug-likeness (QED) is 0.699. The molecule has 1 aliphatic heterocycles. The van der Waals surface area contributed by atoms with Crippen molar-refractivity contribution >= 4 is 34.6 Å². The van der Waals surface area contributed by atoms with Gasteiger partial charge in [0.1, 0.15) is 5.52 Å². The fraction of sp³-hybridized carbons (Fsp3) is 0.647. The highest BCUT2D eigenvalue weighted by Gasteiger charge is 2.41. The number of fused-ring (bicyclic) bond motifs is 2. The summed E-state index contributed by atoms with van der Waals surface area (Å²) in [4.78, 5) is 35.6. The molecule has 2 aromatic rings. The Hall–Kier alpha value is -2.09. The number of aromatic nitrogens is 4. The molecule has 0 bridgehead atoms. The third-order valence-corrected chi connectivity index (χ3v) is 6.13. The van der Waals surface area contributed by atoms with Gasteiger partial charge in [-0.25, -0.2) is 9.78 Å². The second-order valence-corrected chi connectivity index (χ2v) is 8.10. The van der Waals surface area contributed by atoms with Crippen LogP contribution in [-0.2, 0) is 11.8 Å². The smallest absolute Gasteiger partial charge is 0.327 e. The summed E-state index contributed by atoms with van der Waals surface area (Å²) in [7, 11) is 1.65. The molecule has 0 radical (unpaired) electrons. The molecule has 1 saturated carbocycles. The van der Waals surface area contributed by atoms with Crippen LogP contribution in [0.5, 0.6) is 0 Å². The van der Waals surface area contributed by atoms with Gasteiger partial charge in [-0.2, -0.15) is 4.98 Å². The minimum absolute atomic E-state index is 0.0781. The van der Waals surface area contributed by atoms with Crippen molar-refractivity contribution in [1.29, 1.82) is 0 Å². The predicted octanol–water partition coefficient (Wildman–Crippen LogP) is 1.37. The summed E-state index contributed by atoms with van der Waals surface area (Å²) in [5.74, 6) is 0.752. The van der Waals surface area contributed by atoms with E-state index in [1.165, 1.54) is 4.57 Å². The molecule has 8 nitrogen and oxygen atoms in total. The first-order chi connectivity index (χ1) is 12.4. The lowest BCUT2D eigenvalue weighted by Crippen LogP contribution is -2.55. The molecular weight excluding hydrogens is 356 g/mol. The van der Waals surface area contributed by atoms with E-state index in [1.807, 2.05) is 6.92 Å². The number of alkyl halides is 1. The van der Waals surface area contributed by atoms with Crippen molar-refractivity contribution in [2.24, 2.45) is 18.9 Å². The summed E-state index contributed by atoms with van der Waals surface area (Å²) in [5.41, 5.74) is 0.888. The molecule has 0 aromatic carbocycles. The number of H-pyrrole nitrogens is 1. The van der Waals surface area contributed by atoms with Gasteiger partial charge in [-0.15, -0.1) is 11.6 Å². The Kier molecular flexibility index (Phi) is 4.38. The molecule has 1 aliphatic carbocycles. The number of aryl methyl sites for hydroxylation is 1. The van der Waals surface area contributed by atoms with Crippen LogP contribution in [0.15, 0.2) is 11.0 Å². The summed E-state index contributed by atoms with van der Waals surface area (Å²) < 4.78 is 1.44. The first-order valence-electron chi connectivity index (χ1n) is 9.05. The maximum atomic E-state index is 12.6. The largest absolute Gasteiger partial charge is 0.353 e. The van der Waals surface area contributed by atoms with Crippen LogP contribution in [0.25, 0.3) is 11.2 Å². The molecule has 3 N–H and O–H groups in total. The van der Waals surface area contributed by atoms with Crippen molar-refractivity contribution in [3.8, 4) is 0 Å². The maximum absolute atomic E-state index is 12.6. The van der Waals surface area contributed by atoms with Crippen LogP contribution >= 0.6 is 11.6 Å². The summed E-state index contributed by atoms with van der Waals surface area (Å²) in [6, 6.07) is 0.128. The van der Waals surface area contributed by atoms with Gasteiger partial charge in [0.2, 0.25) is 11.9 Å². The molecule has 4 rings (SSSR count). The number of halogens is 1. The number of amides is 1. The van der Waals surface area contributed by atoms with Crippen molar-refractivity contribution in [2.45, 2.75) is 50.1 Å². The molecular formula is C17H23ClN6O2. The zero-order valence-electron chi connectivity index (χ0n) is 14.8.